The second kappa shape index (κ2) is 6.10. The molecule has 2 rings (SSSR count). The van der Waals surface area contributed by atoms with Gasteiger partial charge in [-0.2, -0.15) is 0 Å². The summed E-state index contributed by atoms with van der Waals surface area (Å²) in [6.45, 7) is 6.62. The molecule has 1 aliphatic heterocycles. The molecule has 1 N–H and O–H groups in total. The van der Waals surface area contributed by atoms with Crippen LogP contribution in [-0.2, 0) is 0 Å². The third kappa shape index (κ3) is 2.61. The van der Waals surface area contributed by atoms with Gasteiger partial charge in [-0.15, -0.1) is 0 Å². The molecule has 0 amide bonds. The molecule has 1 aliphatic rings. The van der Waals surface area contributed by atoms with Crippen LogP contribution in [0.15, 0.2) is 24.3 Å². The van der Waals surface area contributed by atoms with E-state index in [9.17, 15) is 0 Å². The van der Waals surface area contributed by atoms with Crippen LogP contribution in [0.5, 0.6) is 5.75 Å². The van der Waals surface area contributed by atoms with Crippen LogP contribution in [0.3, 0.4) is 0 Å². The Balaban J connectivity index is 2.26. The Kier molecular flexibility index (Phi) is 4.48. The van der Waals surface area contributed by atoms with Crippen LogP contribution in [0.1, 0.15) is 26.7 Å². The summed E-state index contributed by atoms with van der Waals surface area (Å²) in [6, 6.07) is 9.47. The summed E-state index contributed by atoms with van der Waals surface area (Å²) < 4.78 is 5.50. The van der Waals surface area contributed by atoms with Gasteiger partial charge in [0.05, 0.1) is 12.8 Å². The van der Waals surface area contributed by atoms with Gasteiger partial charge in [-0.25, -0.2) is 0 Å². The zero-order valence-electron chi connectivity index (χ0n) is 11.6. The minimum Gasteiger partial charge on any atom is -0.495 e. The molecule has 0 bridgehead atoms. The second-order valence-corrected chi connectivity index (χ2v) is 4.90. The van der Waals surface area contributed by atoms with Crippen LogP contribution >= 0.6 is 0 Å². The molecule has 1 aromatic rings. The summed E-state index contributed by atoms with van der Waals surface area (Å²) in [4.78, 5) is 2.50. The van der Waals surface area contributed by atoms with Gasteiger partial charge in [0.15, 0.2) is 0 Å². The highest BCUT2D eigenvalue weighted by Gasteiger charge is 2.27. The van der Waals surface area contributed by atoms with Gasteiger partial charge in [-0.05, 0) is 25.0 Å². The van der Waals surface area contributed by atoms with Crippen molar-refractivity contribution in [1.29, 1.82) is 0 Å². The molecule has 3 heteroatoms. The number of anilines is 1. The number of methoxy groups -OCH3 is 1. The largest absolute Gasteiger partial charge is 0.495 e. The van der Waals surface area contributed by atoms with Crippen LogP contribution in [0.4, 0.5) is 5.69 Å². The van der Waals surface area contributed by atoms with Crippen LogP contribution in [0.2, 0.25) is 0 Å². The van der Waals surface area contributed by atoms with E-state index < -0.39 is 0 Å². The van der Waals surface area contributed by atoms with Crippen LogP contribution in [-0.4, -0.2) is 32.3 Å². The molecule has 2 atom stereocenters. The number of hydrogen-bond donors (Lipinski definition) is 1. The Labute approximate surface area is 110 Å². The number of hydrogen-bond acceptors (Lipinski definition) is 3. The van der Waals surface area contributed by atoms with Gasteiger partial charge in [0.25, 0.3) is 0 Å². The number of benzene rings is 1. The third-order valence-electron chi connectivity index (χ3n) is 3.86. The zero-order valence-corrected chi connectivity index (χ0v) is 11.6. The average molecular weight is 248 g/mol. The quantitative estimate of drug-likeness (QED) is 0.886. The molecule has 1 saturated heterocycles. The predicted octanol–water partition coefficient (Wildman–Crippen LogP) is 2.66. The van der Waals surface area contributed by atoms with Crippen LogP contribution < -0.4 is 15.0 Å². The summed E-state index contributed by atoms with van der Waals surface area (Å²) in [5.41, 5.74) is 1.23. The SMILES string of the molecule is CCC1CN(c2ccccc2OC)C(CC)CN1. The topological polar surface area (TPSA) is 24.5 Å². The highest BCUT2D eigenvalue weighted by molar-refractivity contribution is 5.59. The molecule has 0 aromatic heterocycles. The van der Waals surface area contributed by atoms with E-state index >= 15 is 0 Å². The van der Waals surface area contributed by atoms with Gasteiger partial charge in [-0.1, -0.05) is 26.0 Å². The molecule has 1 aromatic carbocycles. The van der Waals surface area contributed by atoms with Crippen molar-refractivity contribution in [2.75, 3.05) is 25.1 Å². The normalized spacial score (nSPS) is 24.1. The monoisotopic (exact) mass is 248 g/mol. The standard InChI is InChI=1S/C15H24N2O/c1-4-12-11-17(13(5-2)10-16-12)14-8-6-7-9-15(14)18-3/h6-9,12-13,16H,4-5,10-11H2,1-3H3. The highest BCUT2D eigenvalue weighted by atomic mass is 16.5. The van der Waals surface area contributed by atoms with Gasteiger partial charge >= 0.3 is 0 Å². The van der Waals surface area contributed by atoms with E-state index in [1.165, 1.54) is 12.1 Å². The lowest BCUT2D eigenvalue weighted by molar-refractivity contribution is 0.369. The number of para-hydroxylation sites is 2. The summed E-state index contributed by atoms with van der Waals surface area (Å²) >= 11 is 0. The number of ether oxygens (including phenoxy) is 1. The maximum atomic E-state index is 5.50. The number of rotatable bonds is 4. The van der Waals surface area contributed by atoms with Crippen molar-refractivity contribution in [3.8, 4) is 5.75 Å². The molecule has 1 heterocycles. The van der Waals surface area contributed by atoms with Crippen molar-refractivity contribution >= 4 is 5.69 Å². The molecule has 3 nitrogen and oxygen atoms in total. The van der Waals surface area contributed by atoms with Gasteiger partial charge in [0.2, 0.25) is 0 Å². The molecule has 0 spiro atoms. The molecule has 100 valence electrons. The van der Waals surface area contributed by atoms with Crippen LogP contribution in [0, 0.1) is 0 Å². The van der Waals surface area contributed by atoms with Crippen LogP contribution in [0.25, 0.3) is 0 Å². The average Bonchev–Trinajstić information content (AvgIpc) is 2.46. The van der Waals surface area contributed by atoms with Crippen molar-refractivity contribution in [2.45, 2.75) is 38.8 Å². The van der Waals surface area contributed by atoms with E-state index in [1.807, 2.05) is 12.1 Å². The molecule has 0 saturated carbocycles. The fourth-order valence-corrected chi connectivity index (χ4v) is 2.66. The van der Waals surface area contributed by atoms with Gasteiger partial charge in [0, 0.05) is 25.2 Å². The van der Waals surface area contributed by atoms with Crippen molar-refractivity contribution in [3.05, 3.63) is 24.3 Å². The Morgan fingerprint density at radius 3 is 2.72 bits per heavy atom. The first kappa shape index (κ1) is 13.2. The van der Waals surface area contributed by atoms with E-state index in [4.69, 9.17) is 4.74 Å². The maximum Gasteiger partial charge on any atom is 0.142 e. The Morgan fingerprint density at radius 1 is 1.28 bits per heavy atom. The smallest absolute Gasteiger partial charge is 0.142 e. The fourth-order valence-electron chi connectivity index (χ4n) is 2.66. The first-order chi connectivity index (χ1) is 8.80. The summed E-state index contributed by atoms with van der Waals surface area (Å²) in [7, 11) is 1.75. The van der Waals surface area contributed by atoms with Crippen molar-refractivity contribution in [2.24, 2.45) is 0 Å². The molecule has 0 radical (unpaired) electrons. The summed E-state index contributed by atoms with van der Waals surface area (Å²) in [6.07, 6.45) is 2.32. The number of piperazine rings is 1. The van der Waals surface area contributed by atoms with Gasteiger partial charge in [-0.3, -0.25) is 0 Å². The molecule has 2 unspecified atom stereocenters. The zero-order chi connectivity index (χ0) is 13.0. The van der Waals surface area contributed by atoms with E-state index in [2.05, 4.69) is 36.2 Å². The fraction of sp³-hybridized carbons (Fsp3) is 0.600. The lowest BCUT2D eigenvalue weighted by Crippen LogP contribution is -2.56. The highest BCUT2D eigenvalue weighted by Crippen LogP contribution is 2.31. The lowest BCUT2D eigenvalue weighted by Gasteiger charge is -2.42. The third-order valence-corrected chi connectivity index (χ3v) is 3.86. The Hall–Kier alpha value is -1.22. The molecular weight excluding hydrogens is 224 g/mol. The second-order valence-electron chi connectivity index (χ2n) is 4.90. The van der Waals surface area contributed by atoms with E-state index in [1.54, 1.807) is 7.11 Å². The predicted molar refractivity (Wildman–Crippen MR) is 76.5 cm³/mol. The van der Waals surface area contributed by atoms with Crippen molar-refractivity contribution in [3.63, 3.8) is 0 Å². The van der Waals surface area contributed by atoms with E-state index in [0.717, 1.165) is 25.3 Å². The van der Waals surface area contributed by atoms with E-state index in [0.29, 0.717) is 12.1 Å². The summed E-state index contributed by atoms with van der Waals surface area (Å²) in [5.74, 6) is 0.979. The number of nitrogens with one attached hydrogen (secondary N) is 1. The van der Waals surface area contributed by atoms with E-state index in [-0.39, 0.29) is 0 Å². The Bertz CT molecular complexity index is 381. The Morgan fingerprint density at radius 2 is 2.06 bits per heavy atom. The molecule has 0 aliphatic carbocycles. The minimum atomic E-state index is 0.559. The van der Waals surface area contributed by atoms with Gasteiger partial charge < -0.3 is 15.0 Å². The van der Waals surface area contributed by atoms with Crippen molar-refractivity contribution < 1.29 is 4.74 Å². The maximum absolute atomic E-state index is 5.50. The molecular formula is C15H24N2O. The lowest BCUT2D eigenvalue weighted by atomic mass is 10.0. The molecule has 1 fully saturated rings. The minimum absolute atomic E-state index is 0.559. The van der Waals surface area contributed by atoms with Crippen molar-refractivity contribution in [1.82, 2.24) is 5.32 Å². The molecule has 18 heavy (non-hydrogen) atoms. The first-order valence-electron chi connectivity index (χ1n) is 6.93. The van der Waals surface area contributed by atoms with Gasteiger partial charge in [0.1, 0.15) is 5.75 Å². The summed E-state index contributed by atoms with van der Waals surface area (Å²) in [5, 5.41) is 3.62. The number of nitrogens with zero attached hydrogens (tertiary/aromatic N) is 1. The first-order valence-corrected chi connectivity index (χ1v) is 6.93.